The molecule has 0 aliphatic carbocycles. The van der Waals surface area contributed by atoms with Gasteiger partial charge in [0.2, 0.25) is 5.91 Å². The van der Waals surface area contributed by atoms with Crippen LogP contribution in [0.5, 0.6) is 0 Å². The second-order valence-corrected chi connectivity index (χ2v) is 3.52. The van der Waals surface area contributed by atoms with E-state index in [2.05, 4.69) is 10.6 Å². The second-order valence-electron chi connectivity index (χ2n) is 3.52. The van der Waals surface area contributed by atoms with Crippen LogP contribution in [0, 0.1) is 0 Å². The molecular formula is C10H22N2O2. The predicted octanol–water partition coefficient (Wildman–Crippen LogP) is 0.262. The molecular weight excluding hydrogens is 180 g/mol. The number of hydrogen-bond donors (Lipinski definition) is 3. The van der Waals surface area contributed by atoms with Gasteiger partial charge in [-0.2, -0.15) is 0 Å². The Morgan fingerprint density at radius 1 is 1.43 bits per heavy atom. The monoisotopic (exact) mass is 202 g/mol. The van der Waals surface area contributed by atoms with Gasteiger partial charge in [-0.1, -0.05) is 13.8 Å². The molecule has 1 unspecified atom stereocenters. The lowest BCUT2D eigenvalue weighted by Gasteiger charge is -2.16. The highest BCUT2D eigenvalue weighted by molar-refractivity contribution is 5.76. The maximum absolute atomic E-state index is 11.4. The standard InChI is InChI=1S/C10H22N2O2/c1-4-9(7-13)12-10(14)6-8(3)11-5-2/h8-9,11,13H,4-7H2,1-3H3,(H,12,14)/t8?,9-/m1/s1. The lowest BCUT2D eigenvalue weighted by atomic mass is 10.2. The zero-order valence-corrected chi connectivity index (χ0v) is 9.34. The second kappa shape index (κ2) is 7.76. The average Bonchev–Trinajstić information content (AvgIpc) is 2.14. The molecule has 1 amide bonds. The fourth-order valence-electron chi connectivity index (χ4n) is 1.26. The minimum Gasteiger partial charge on any atom is -0.394 e. The van der Waals surface area contributed by atoms with E-state index in [0.717, 1.165) is 13.0 Å². The van der Waals surface area contributed by atoms with E-state index in [1.54, 1.807) is 0 Å². The normalized spacial score (nSPS) is 14.9. The first-order valence-corrected chi connectivity index (χ1v) is 5.27. The highest BCUT2D eigenvalue weighted by atomic mass is 16.3. The van der Waals surface area contributed by atoms with Gasteiger partial charge in [0.1, 0.15) is 0 Å². The van der Waals surface area contributed by atoms with Crippen LogP contribution in [0.2, 0.25) is 0 Å². The van der Waals surface area contributed by atoms with Gasteiger partial charge >= 0.3 is 0 Å². The maximum Gasteiger partial charge on any atom is 0.221 e. The summed E-state index contributed by atoms with van der Waals surface area (Å²) >= 11 is 0. The van der Waals surface area contributed by atoms with E-state index >= 15 is 0 Å². The number of amides is 1. The smallest absolute Gasteiger partial charge is 0.221 e. The Balaban J connectivity index is 3.73. The number of hydrogen-bond acceptors (Lipinski definition) is 3. The molecule has 4 heteroatoms. The molecule has 0 aromatic rings. The van der Waals surface area contributed by atoms with Crippen molar-refractivity contribution >= 4 is 5.91 Å². The Bertz CT molecular complexity index is 158. The summed E-state index contributed by atoms with van der Waals surface area (Å²) in [4.78, 5) is 11.4. The van der Waals surface area contributed by atoms with Gasteiger partial charge in [0.05, 0.1) is 12.6 Å². The van der Waals surface area contributed by atoms with Crippen molar-refractivity contribution in [2.45, 2.75) is 45.7 Å². The third-order valence-corrected chi connectivity index (χ3v) is 2.12. The number of carbonyl (C=O) groups is 1. The molecule has 0 bridgehead atoms. The largest absolute Gasteiger partial charge is 0.394 e. The third kappa shape index (κ3) is 5.94. The van der Waals surface area contributed by atoms with Crippen molar-refractivity contribution in [3.63, 3.8) is 0 Å². The quantitative estimate of drug-likeness (QED) is 0.555. The summed E-state index contributed by atoms with van der Waals surface area (Å²) in [5.74, 6) is -0.000602. The molecule has 3 N–H and O–H groups in total. The number of carbonyl (C=O) groups excluding carboxylic acids is 1. The zero-order chi connectivity index (χ0) is 11.0. The van der Waals surface area contributed by atoms with Gasteiger partial charge in [0, 0.05) is 12.5 Å². The van der Waals surface area contributed by atoms with E-state index in [1.807, 2.05) is 20.8 Å². The molecule has 4 nitrogen and oxygen atoms in total. The molecule has 0 aromatic heterocycles. The minimum atomic E-state index is -0.101. The first-order valence-electron chi connectivity index (χ1n) is 5.27. The Kier molecular flexibility index (Phi) is 7.42. The van der Waals surface area contributed by atoms with E-state index in [0.29, 0.717) is 6.42 Å². The number of aliphatic hydroxyl groups is 1. The van der Waals surface area contributed by atoms with Gasteiger partial charge < -0.3 is 15.7 Å². The van der Waals surface area contributed by atoms with Gasteiger partial charge in [0.25, 0.3) is 0 Å². The SMILES string of the molecule is CCNC(C)CC(=O)N[C@H](CC)CO. The van der Waals surface area contributed by atoms with E-state index in [4.69, 9.17) is 5.11 Å². The molecule has 0 radical (unpaired) electrons. The van der Waals surface area contributed by atoms with Crippen molar-refractivity contribution in [2.24, 2.45) is 0 Å². The summed E-state index contributed by atoms with van der Waals surface area (Å²) in [6, 6.07) is 0.0903. The summed E-state index contributed by atoms with van der Waals surface area (Å²) in [6.45, 7) is 6.80. The zero-order valence-electron chi connectivity index (χ0n) is 9.34. The van der Waals surface area contributed by atoms with Crippen molar-refractivity contribution in [3.05, 3.63) is 0 Å². The van der Waals surface area contributed by atoms with Crippen molar-refractivity contribution < 1.29 is 9.90 Å². The van der Waals surface area contributed by atoms with E-state index in [1.165, 1.54) is 0 Å². The topological polar surface area (TPSA) is 61.4 Å². The molecule has 84 valence electrons. The molecule has 0 fully saturated rings. The lowest BCUT2D eigenvalue weighted by Crippen LogP contribution is -2.40. The Morgan fingerprint density at radius 3 is 2.50 bits per heavy atom. The van der Waals surface area contributed by atoms with Crippen LogP contribution in [0.25, 0.3) is 0 Å². The van der Waals surface area contributed by atoms with Crippen LogP contribution < -0.4 is 10.6 Å². The first kappa shape index (κ1) is 13.4. The Hall–Kier alpha value is -0.610. The number of nitrogens with one attached hydrogen (secondary N) is 2. The maximum atomic E-state index is 11.4. The summed E-state index contributed by atoms with van der Waals surface area (Å²) in [5.41, 5.74) is 0. The molecule has 0 saturated carbocycles. The molecule has 0 heterocycles. The summed E-state index contributed by atoms with van der Waals surface area (Å²) in [6.07, 6.45) is 1.22. The molecule has 0 saturated heterocycles. The fourth-order valence-corrected chi connectivity index (χ4v) is 1.26. The third-order valence-electron chi connectivity index (χ3n) is 2.12. The van der Waals surface area contributed by atoms with Crippen LogP contribution in [-0.2, 0) is 4.79 Å². The van der Waals surface area contributed by atoms with Crippen LogP contribution in [-0.4, -0.2) is 36.2 Å². The van der Waals surface area contributed by atoms with Crippen molar-refractivity contribution in [2.75, 3.05) is 13.2 Å². The summed E-state index contributed by atoms with van der Waals surface area (Å²) in [7, 11) is 0. The molecule has 14 heavy (non-hydrogen) atoms. The Labute approximate surface area is 86.1 Å². The van der Waals surface area contributed by atoms with Gasteiger partial charge in [-0.3, -0.25) is 4.79 Å². The van der Waals surface area contributed by atoms with Crippen LogP contribution in [0.1, 0.15) is 33.6 Å². The predicted molar refractivity (Wildman–Crippen MR) is 57.1 cm³/mol. The number of rotatable bonds is 7. The van der Waals surface area contributed by atoms with Crippen LogP contribution >= 0.6 is 0 Å². The van der Waals surface area contributed by atoms with E-state index in [-0.39, 0.29) is 24.6 Å². The van der Waals surface area contributed by atoms with Crippen molar-refractivity contribution in [1.29, 1.82) is 0 Å². The number of aliphatic hydroxyl groups excluding tert-OH is 1. The van der Waals surface area contributed by atoms with Crippen LogP contribution in [0.3, 0.4) is 0 Å². The van der Waals surface area contributed by atoms with Gasteiger partial charge in [-0.15, -0.1) is 0 Å². The van der Waals surface area contributed by atoms with E-state index in [9.17, 15) is 4.79 Å². The molecule has 2 atom stereocenters. The summed E-state index contributed by atoms with van der Waals surface area (Å²) < 4.78 is 0. The van der Waals surface area contributed by atoms with Gasteiger partial charge in [-0.25, -0.2) is 0 Å². The molecule has 0 aliphatic rings. The minimum absolute atomic E-state index is 0.000602. The molecule has 0 aromatic carbocycles. The van der Waals surface area contributed by atoms with Crippen molar-refractivity contribution in [1.82, 2.24) is 10.6 Å². The van der Waals surface area contributed by atoms with Crippen LogP contribution in [0.4, 0.5) is 0 Å². The highest BCUT2D eigenvalue weighted by Gasteiger charge is 2.11. The van der Waals surface area contributed by atoms with Gasteiger partial charge in [0.15, 0.2) is 0 Å². The molecule has 0 spiro atoms. The first-order chi connectivity index (χ1) is 6.63. The van der Waals surface area contributed by atoms with Crippen molar-refractivity contribution in [3.8, 4) is 0 Å². The molecule has 0 aliphatic heterocycles. The average molecular weight is 202 g/mol. The highest BCUT2D eigenvalue weighted by Crippen LogP contribution is 1.94. The van der Waals surface area contributed by atoms with E-state index < -0.39 is 0 Å². The van der Waals surface area contributed by atoms with Gasteiger partial charge in [-0.05, 0) is 19.9 Å². The fraction of sp³-hybridized carbons (Fsp3) is 0.900. The summed E-state index contributed by atoms with van der Waals surface area (Å²) in [5, 5.41) is 14.8. The molecule has 0 rings (SSSR count). The lowest BCUT2D eigenvalue weighted by molar-refractivity contribution is -0.122. The Morgan fingerprint density at radius 2 is 2.07 bits per heavy atom. The van der Waals surface area contributed by atoms with Crippen LogP contribution in [0.15, 0.2) is 0 Å².